The van der Waals surface area contributed by atoms with Gasteiger partial charge in [-0.25, -0.2) is 4.79 Å². The lowest BCUT2D eigenvalue weighted by Crippen LogP contribution is -2.54. The lowest BCUT2D eigenvalue weighted by molar-refractivity contribution is 0.0621. The fraction of sp³-hybridized carbons (Fsp3) is 0.909. The van der Waals surface area contributed by atoms with E-state index in [9.17, 15) is 9.90 Å². The number of rotatable bonds is 1. The number of carbonyl (C=O) groups is 1. The predicted octanol–water partition coefficient (Wildman–Crippen LogP) is 1.52. The molecule has 2 bridgehead atoms. The molecule has 1 saturated heterocycles. The second kappa shape index (κ2) is 3.37. The van der Waals surface area contributed by atoms with Crippen molar-refractivity contribution in [1.82, 2.24) is 10.2 Å². The molecule has 0 spiro atoms. The summed E-state index contributed by atoms with van der Waals surface area (Å²) in [6.07, 6.45) is 1.50. The average Bonchev–Trinajstić information content (AvgIpc) is 2.62. The summed E-state index contributed by atoms with van der Waals surface area (Å²) < 4.78 is 0. The molecule has 0 unspecified atom stereocenters. The highest BCUT2D eigenvalue weighted by Crippen LogP contribution is 2.37. The third-order valence-corrected chi connectivity index (χ3v) is 3.61. The maximum Gasteiger partial charge on any atom is 0.408 e. The van der Waals surface area contributed by atoms with Crippen LogP contribution >= 0.6 is 0 Å². The van der Waals surface area contributed by atoms with E-state index in [1.807, 2.05) is 20.8 Å². The van der Waals surface area contributed by atoms with Crippen LogP contribution in [0.2, 0.25) is 0 Å². The van der Waals surface area contributed by atoms with Crippen molar-refractivity contribution < 1.29 is 9.90 Å². The molecule has 15 heavy (non-hydrogen) atoms. The number of hydrogen-bond acceptors (Lipinski definition) is 2. The summed E-state index contributed by atoms with van der Waals surface area (Å²) in [6.45, 7) is 6.89. The number of carboxylic acid groups (broad SMARTS) is 1. The molecule has 0 aromatic rings. The van der Waals surface area contributed by atoms with Crippen molar-refractivity contribution in [3.63, 3.8) is 0 Å². The van der Waals surface area contributed by atoms with Crippen LogP contribution < -0.4 is 5.32 Å². The Balaban J connectivity index is 2.23. The van der Waals surface area contributed by atoms with Crippen molar-refractivity contribution in [1.29, 1.82) is 0 Å². The first kappa shape index (κ1) is 10.7. The van der Waals surface area contributed by atoms with E-state index >= 15 is 0 Å². The summed E-state index contributed by atoms with van der Waals surface area (Å²) in [5.74, 6) is 0.519. The zero-order chi connectivity index (χ0) is 11.2. The highest BCUT2D eigenvalue weighted by Gasteiger charge is 2.49. The van der Waals surface area contributed by atoms with Crippen LogP contribution in [0.25, 0.3) is 0 Å². The van der Waals surface area contributed by atoms with Gasteiger partial charge < -0.3 is 10.4 Å². The first-order valence-corrected chi connectivity index (χ1v) is 5.67. The van der Waals surface area contributed by atoms with E-state index in [1.54, 1.807) is 4.90 Å². The van der Waals surface area contributed by atoms with Crippen LogP contribution in [-0.4, -0.2) is 40.3 Å². The number of amides is 1. The minimum atomic E-state index is -0.784. The summed E-state index contributed by atoms with van der Waals surface area (Å²) in [5, 5.41) is 12.7. The van der Waals surface area contributed by atoms with Crippen LogP contribution in [-0.2, 0) is 0 Å². The van der Waals surface area contributed by atoms with E-state index in [-0.39, 0.29) is 11.6 Å². The molecule has 1 amide bonds. The molecule has 1 heterocycles. The molecule has 2 rings (SSSR count). The van der Waals surface area contributed by atoms with Gasteiger partial charge in [0, 0.05) is 18.1 Å². The topological polar surface area (TPSA) is 52.6 Å². The molecule has 86 valence electrons. The third kappa shape index (κ3) is 1.71. The molecule has 2 N–H and O–H groups in total. The summed E-state index contributed by atoms with van der Waals surface area (Å²) >= 11 is 0. The Bertz CT molecular complexity index is 252. The van der Waals surface area contributed by atoms with Gasteiger partial charge in [-0.1, -0.05) is 0 Å². The Morgan fingerprint density at radius 3 is 2.33 bits per heavy atom. The van der Waals surface area contributed by atoms with Gasteiger partial charge >= 0.3 is 6.09 Å². The minimum absolute atomic E-state index is 0.183. The van der Waals surface area contributed by atoms with Crippen LogP contribution in [0, 0.1) is 5.92 Å². The summed E-state index contributed by atoms with van der Waals surface area (Å²) in [7, 11) is 0. The number of nitrogens with one attached hydrogen (secondary N) is 1. The van der Waals surface area contributed by atoms with E-state index in [0.717, 1.165) is 13.0 Å². The molecule has 2 aliphatic rings. The monoisotopic (exact) mass is 212 g/mol. The molecular formula is C11H20N2O2. The highest BCUT2D eigenvalue weighted by molar-refractivity contribution is 5.67. The summed E-state index contributed by atoms with van der Waals surface area (Å²) in [4.78, 5) is 13.0. The Kier molecular flexibility index (Phi) is 2.41. The van der Waals surface area contributed by atoms with Gasteiger partial charge in [-0.15, -0.1) is 0 Å². The van der Waals surface area contributed by atoms with Gasteiger partial charge in [0.1, 0.15) is 0 Å². The number of hydrogen-bond donors (Lipinski definition) is 2. The Morgan fingerprint density at radius 1 is 1.40 bits per heavy atom. The van der Waals surface area contributed by atoms with Crippen molar-refractivity contribution in [2.75, 3.05) is 6.54 Å². The molecule has 2 fully saturated rings. The van der Waals surface area contributed by atoms with Crippen LogP contribution in [0.4, 0.5) is 4.79 Å². The standard InChI is InChI=1S/C11H20N2O2/c1-11(2,3)13(10(14)15)9-7-4-5-8(9)12-6-7/h7-9,12H,4-6H2,1-3H3,(H,14,15)/t7-,8-,9+/m1/s1. The number of fused-ring (bicyclic) bond motifs is 2. The number of nitrogens with zero attached hydrogens (tertiary/aromatic N) is 1. The second-order valence-electron chi connectivity index (χ2n) is 5.67. The predicted molar refractivity (Wildman–Crippen MR) is 57.9 cm³/mol. The first-order chi connectivity index (χ1) is 6.91. The molecule has 4 heteroatoms. The van der Waals surface area contributed by atoms with E-state index < -0.39 is 6.09 Å². The maximum atomic E-state index is 11.4. The Labute approximate surface area is 90.6 Å². The van der Waals surface area contributed by atoms with Crippen LogP contribution in [0.3, 0.4) is 0 Å². The fourth-order valence-electron chi connectivity index (χ4n) is 3.06. The number of piperidine rings is 1. The Morgan fingerprint density at radius 2 is 2.07 bits per heavy atom. The molecule has 0 radical (unpaired) electrons. The largest absolute Gasteiger partial charge is 0.465 e. The smallest absolute Gasteiger partial charge is 0.408 e. The van der Waals surface area contributed by atoms with Crippen molar-refractivity contribution in [2.24, 2.45) is 5.92 Å². The van der Waals surface area contributed by atoms with Crippen molar-refractivity contribution in [3.05, 3.63) is 0 Å². The molecule has 3 atom stereocenters. The van der Waals surface area contributed by atoms with Crippen LogP contribution in [0.15, 0.2) is 0 Å². The van der Waals surface area contributed by atoms with Crippen LogP contribution in [0.5, 0.6) is 0 Å². The molecule has 0 aromatic carbocycles. The summed E-state index contributed by atoms with van der Waals surface area (Å²) in [5.41, 5.74) is -0.302. The molecule has 1 saturated carbocycles. The lowest BCUT2D eigenvalue weighted by Gasteiger charge is -2.39. The van der Waals surface area contributed by atoms with Gasteiger partial charge in [0.2, 0.25) is 0 Å². The van der Waals surface area contributed by atoms with E-state index in [2.05, 4.69) is 5.32 Å². The molecular weight excluding hydrogens is 192 g/mol. The lowest BCUT2D eigenvalue weighted by atomic mass is 9.98. The molecule has 4 nitrogen and oxygen atoms in total. The van der Waals surface area contributed by atoms with Gasteiger partial charge in [0.05, 0.1) is 6.04 Å². The van der Waals surface area contributed by atoms with E-state index in [1.165, 1.54) is 6.42 Å². The van der Waals surface area contributed by atoms with Gasteiger partial charge in [0.15, 0.2) is 0 Å². The zero-order valence-electron chi connectivity index (χ0n) is 9.66. The van der Waals surface area contributed by atoms with Gasteiger partial charge in [-0.05, 0) is 39.5 Å². The molecule has 1 aliphatic heterocycles. The van der Waals surface area contributed by atoms with Crippen LogP contribution in [0.1, 0.15) is 33.6 Å². The SMILES string of the molecule is CC(C)(C)N(C(=O)O)[C@H]1[C@@H]2CC[C@H]1NC2. The van der Waals surface area contributed by atoms with Gasteiger partial charge in [0.25, 0.3) is 0 Å². The van der Waals surface area contributed by atoms with Crippen molar-refractivity contribution in [3.8, 4) is 0 Å². The Hall–Kier alpha value is -0.770. The first-order valence-electron chi connectivity index (χ1n) is 5.67. The van der Waals surface area contributed by atoms with E-state index in [4.69, 9.17) is 0 Å². The molecule has 0 aromatic heterocycles. The normalized spacial score (nSPS) is 34.5. The zero-order valence-corrected chi connectivity index (χ0v) is 9.66. The summed E-state index contributed by atoms with van der Waals surface area (Å²) in [6, 6.07) is 0.563. The van der Waals surface area contributed by atoms with Crippen molar-refractivity contribution >= 4 is 6.09 Å². The maximum absolute atomic E-state index is 11.4. The average molecular weight is 212 g/mol. The minimum Gasteiger partial charge on any atom is -0.465 e. The quantitative estimate of drug-likeness (QED) is 0.693. The highest BCUT2D eigenvalue weighted by atomic mass is 16.4. The van der Waals surface area contributed by atoms with Gasteiger partial charge in [-0.2, -0.15) is 0 Å². The fourth-order valence-corrected chi connectivity index (χ4v) is 3.06. The second-order valence-corrected chi connectivity index (χ2v) is 5.67. The van der Waals surface area contributed by atoms with E-state index in [0.29, 0.717) is 12.0 Å². The third-order valence-electron chi connectivity index (χ3n) is 3.61. The van der Waals surface area contributed by atoms with Crippen molar-refractivity contribution in [2.45, 2.75) is 51.2 Å². The molecule has 1 aliphatic carbocycles. The van der Waals surface area contributed by atoms with Gasteiger partial charge in [-0.3, -0.25) is 4.90 Å².